The van der Waals surface area contributed by atoms with Crippen molar-refractivity contribution in [1.82, 2.24) is 20.2 Å². The number of carbonyl (C=O) groups excluding carboxylic acids is 1. The van der Waals surface area contributed by atoms with Crippen LogP contribution in [-0.4, -0.2) is 60.1 Å². The number of amides is 1. The smallest absolute Gasteiger partial charge is 0.319 e. The number of benzene rings is 2. The molecule has 2 N–H and O–H groups in total. The summed E-state index contributed by atoms with van der Waals surface area (Å²) in [5.41, 5.74) is 1.03. The summed E-state index contributed by atoms with van der Waals surface area (Å²) in [6.45, 7) is 5.51. The topological polar surface area (TPSA) is 79.4 Å². The van der Waals surface area contributed by atoms with Crippen LogP contribution in [0.15, 0.2) is 49.1 Å². The second kappa shape index (κ2) is 10.8. The standard InChI is InChI=1S/C27H27F2N5O2S/c1-3-22(35)30-11-12-31-26-20-10-9-18(19-8-4-6-16-14-21(28)37-25(16)19)23(29)24(20)32-27(33-26)36-15-17-7-5-13-34(17)2/h3-4,6,8-10,14,17H,1,5,7,11-13,15H2,2H3,(H,30,35)(H,31,32,33)/t17-/m0/s1. The maximum absolute atomic E-state index is 16.1. The first kappa shape index (κ1) is 25.0. The van der Waals surface area contributed by atoms with E-state index in [0.717, 1.165) is 36.1 Å². The number of halogens is 2. The summed E-state index contributed by atoms with van der Waals surface area (Å²) in [6.07, 6.45) is 3.31. The molecule has 37 heavy (non-hydrogen) atoms. The van der Waals surface area contributed by atoms with Gasteiger partial charge in [-0.15, -0.1) is 11.3 Å². The highest BCUT2D eigenvalue weighted by Gasteiger charge is 2.23. The predicted octanol–water partition coefficient (Wildman–Crippen LogP) is 4.98. The van der Waals surface area contributed by atoms with E-state index in [1.165, 1.54) is 12.1 Å². The number of likely N-dealkylation sites (N-methyl/N-ethyl adjacent to an activating group) is 1. The van der Waals surface area contributed by atoms with Crippen LogP contribution in [0, 0.1) is 10.9 Å². The first-order chi connectivity index (χ1) is 17.9. The molecule has 0 aliphatic carbocycles. The van der Waals surface area contributed by atoms with Crippen LogP contribution in [0.3, 0.4) is 0 Å². The van der Waals surface area contributed by atoms with Gasteiger partial charge in [-0.25, -0.2) is 4.39 Å². The first-order valence-corrected chi connectivity index (χ1v) is 12.9. The average Bonchev–Trinajstić information content (AvgIpc) is 3.49. The third-order valence-corrected chi connectivity index (χ3v) is 7.54. The van der Waals surface area contributed by atoms with E-state index in [0.29, 0.717) is 46.7 Å². The summed E-state index contributed by atoms with van der Waals surface area (Å²) in [4.78, 5) is 22.6. The van der Waals surface area contributed by atoms with Gasteiger partial charge in [-0.05, 0) is 50.0 Å². The van der Waals surface area contributed by atoms with E-state index in [4.69, 9.17) is 4.74 Å². The molecule has 10 heteroatoms. The van der Waals surface area contributed by atoms with Crippen LogP contribution in [0.25, 0.3) is 32.1 Å². The van der Waals surface area contributed by atoms with E-state index in [1.54, 1.807) is 30.3 Å². The van der Waals surface area contributed by atoms with Crippen molar-refractivity contribution >= 4 is 44.1 Å². The van der Waals surface area contributed by atoms with Gasteiger partial charge >= 0.3 is 6.01 Å². The highest BCUT2D eigenvalue weighted by molar-refractivity contribution is 7.18. The van der Waals surface area contributed by atoms with E-state index < -0.39 is 5.82 Å². The molecule has 5 rings (SSSR count). The van der Waals surface area contributed by atoms with Gasteiger partial charge < -0.3 is 20.3 Å². The first-order valence-electron chi connectivity index (χ1n) is 12.1. The zero-order valence-electron chi connectivity index (χ0n) is 20.4. The molecule has 0 unspecified atom stereocenters. The number of likely N-dealkylation sites (tertiary alicyclic amines) is 1. The third-order valence-electron chi connectivity index (χ3n) is 6.57. The van der Waals surface area contributed by atoms with E-state index in [1.807, 2.05) is 7.05 Å². The number of ether oxygens (including phenoxy) is 1. The highest BCUT2D eigenvalue weighted by atomic mass is 32.1. The molecular weight excluding hydrogens is 496 g/mol. The van der Waals surface area contributed by atoms with Gasteiger partial charge in [0.15, 0.2) is 10.9 Å². The Labute approximate surface area is 217 Å². The van der Waals surface area contributed by atoms with Crippen LogP contribution >= 0.6 is 11.3 Å². The molecule has 1 atom stereocenters. The monoisotopic (exact) mass is 523 g/mol. The van der Waals surface area contributed by atoms with Crippen molar-refractivity contribution < 1.29 is 18.3 Å². The summed E-state index contributed by atoms with van der Waals surface area (Å²) in [6, 6.07) is 10.5. The third kappa shape index (κ3) is 5.26. The van der Waals surface area contributed by atoms with Gasteiger partial charge in [0.2, 0.25) is 5.91 Å². The quantitative estimate of drug-likeness (QED) is 0.238. The molecule has 2 aromatic carbocycles. The number of hydrogen-bond donors (Lipinski definition) is 2. The minimum atomic E-state index is -0.535. The molecule has 0 radical (unpaired) electrons. The minimum absolute atomic E-state index is 0.0712. The second-order valence-corrected chi connectivity index (χ2v) is 9.96. The molecule has 1 aliphatic heterocycles. The molecule has 1 saturated heterocycles. The van der Waals surface area contributed by atoms with E-state index in [2.05, 4.69) is 32.1 Å². The largest absolute Gasteiger partial charge is 0.462 e. The maximum atomic E-state index is 16.1. The lowest BCUT2D eigenvalue weighted by Gasteiger charge is -2.19. The fourth-order valence-corrected chi connectivity index (χ4v) is 5.51. The Balaban J connectivity index is 1.52. The van der Waals surface area contributed by atoms with Gasteiger partial charge in [-0.1, -0.05) is 30.8 Å². The molecule has 1 aliphatic rings. The summed E-state index contributed by atoms with van der Waals surface area (Å²) < 4.78 is 36.7. The van der Waals surface area contributed by atoms with Crippen molar-refractivity contribution in [1.29, 1.82) is 0 Å². The van der Waals surface area contributed by atoms with Crippen LogP contribution in [0.1, 0.15) is 12.8 Å². The number of carbonyl (C=O) groups is 1. The average molecular weight is 524 g/mol. The minimum Gasteiger partial charge on any atom is -0.462 e. The number of fused-ring (bicyclic) bond motifs is 2. The van der Waals surface area contributed by atoms with Gasteiger partial charge in [0, 0.05) is 40.3 Å². The Morgan fingerprint density at radius 2 is 2.11 bits per heavy atom. The van der Waals surface area contributed by atoms with Crippen LogP contribution in [-0.2, 0) is 4.79 Å². The van der Waals surface area contributed by atoms with E-state index in [9.17, 15) is 9.18 Å². The lowest BCUT2D eigenvalue weighted by molar-refractivity contribution is -0.116. The van der Waals surface area contributed by atoms with Crippen molar-refractivity contribution in [3.63, 3.8) is 0 Å². The Hall–Kier alpha value is -3.63. The van der Waals surface area contributed by atoms with Crippen molar-refractivity contribution in [2.24, 2.45) is 0 Å². The number of aromatic nitrogens is 2. The Morgan fingerprint density at radius 3 is 2.89 bits per heavy atom. The molecule has 7 nitrogen and oxygen atoms in total. The summed E-state index contributed by atoms with van der Waals surface area (Å²) in [7, 11) is 2.05. The summed E-state index contributed by atoms with van der Waals surface area (Å²) in [5.74, 6) is -0.417. The zero-order chi connectivity index (χ0) is 25.9. The van der Waals surface area contributed by atoms with Gasteiger partial charge in [0.25, 0.3) is 0 Å². The Kier molecular flexibility index (Phi) is 7.29. The fourth-order valence-electron chi connectivity index (χ4n) is 4.59. The highest BCUT2D eigenvalue weighted by Crippen LogP contribution is 2.38. The van der Waals surface area contributed by atoms with Crippen molar-refractivity contribution in [2.75, 3.05) is 38.6 Å². The number of anilines is 1. The Bertz CT molecular complexity index is 1470. The van der Waals surface area contributed by atoms with Gasteiger partial charge in [-0.3, -0.25) is 4.79 Å². The van der Waals surface area contributed by atoms with E-state index >= 15 is 4.39 Å². The summed E-state index contributed by atoms with van der Waals surface area (Å²) >= 11 is 0.985. The molecule has 1 fully saturated rings. The summed E-state index contributed by atoms with van der Waals surface area (Å²) in [5, 5.41) is 6.72. The number of nitrogens with one attached hydrogen (secondary N) is 2. The van der Waals surface area contributed by atoms with Crippen molar-refractivity contribution in [3.8, 4) is 17.1 Å². The normalized spacial score (nSPS) is 15.8. The molecule has 192 valence electrons. The SMILES string of the molecule is C=CC(=O)NCCNc1nc(OC[C@@H]2CCCN2C)nc2c(F)c(-c3cccc4cc(F)sc34)ccc12. The molecule has 1 amide bonds. The van der Waals surface area contributed by atoms with Crippen LogP contribution in [0.4, 0.5) is 14.6 Å². The fraction of sp³-hybridized carbons (Fsp3) is 0.296. The zero-order valence-corrected chi connectivity index (χ0v) is 21.2. The van der Waals surface area contributed by atoms with Gasteiger partial charge in [0.1, 0.15) is 17.9 Å². The number of nitrogens with zero attached hydrogens (tertiary/aromatic N) is 3. The molecule has 0 spiro atoms. The predicted molar refractivity (Wildman–Crippen MR) is 143 cm³/mol. The van der Waals surface area contributed by atoms with Crippen molar-refractivity contribution in [3.05, 3.63) is 60.0 Å². The molecular formula is C27H27F2N5O2S. The van der Waals surface area contributed by atoms with Crippen LogP contribution in [0.2, 0.25) is 0 Å². The van der Waals surface area contributed by atoms with E-state index in [-0.39, 0.29) is 28.6 Å². The number of thiophene rings is 1. The molecule has 0 bridgehead atoms. The van der Waals surface area contributed by atoms with Gasteiger partial charge in [0.05, 0.1) is 0 Å². The van der Waals surface area contributed by atoms with Crippen LogP contribution < -0.4 is 15.4 Å². The van der Waals surface area contributed by atoms with Crippen molar-refractivity contribution in [2.45, 2.75) is 18.9 Å². The second-order valence-electron chi connectivity index (χ2n) is 8.96. The van der Waals surface area contributed by atoms with Gasteiger partial charge in [-0.2, -0.15) is 14.4 Å². The number of hydrogen-bond acceptors (Lipinski definition) is 7. The lowest BCUT2D eigenvalue weighted by atomic mass is 10.0. The molecule has 0 saturated carbocycles. The van der Waals surface area contributed by atoms with Crippen LogP contribution in [0.5, 0.6) is 6.01 Å². The maximum Gasteiger partial charge on any atom is 0.319 e. The molecule has 3 heterocycles. The number of rotatable bonds is 9. The Morgan fingerprint density at radius 1 is 1.24 bits per heavy atom. The lowest BCUT2D eigenvalue weighted by Crippen LogP contribution is -2.31. The molecule has 2 aromatic heterocycles. The molecule has 4 aromatic rings.